The van der Waals surface area contributed by atoms with Crippen molar-refractivity contribution in [3.8, 4) is 0 Å². The van der Waals surface area contributed by atoms with Crippen molar-refractivity contribution in [1.82, 2.24) is 0 Å². The van der Waals surface area contributed by atoms with E-state index in [1.54, 1.807) is 4.90 Å². The quantitative estimate of drug-likeness (QED) is 0.735. The van der Waals surface area contributed by atoms with Crippen molar-refractivity contribution in [2.45, 2.75) is 11.9 Å². The van der Waals surface area contributed by atoms with Gasteiger partial charge in [0.2, 0.25) is 0 Å². The van der Waals surface area contributed by atoms with E-state index in [1.165, 1.54) is 17.7 Å². The number of hydrogen-bond acceptors (Lipinski definition) is 3. The highest BCUT2D eigenvalue weighted by atomic mass is 32.1. The predicted molar refractivity (Wildman–Crippen MR) is 103 cm³/mol. The van der Waals surface area contributed by atoms with E-state index in [2.05, 4.69) is 29.7 Å². The maximum atomic E-state index is 13.0. The van der Waals surface area contributed by atoms with Gasteiger partial charge in [0.05, 0.1) is 51.2 Å². The Bertz CT molecular complexity index is 630. The minimum atomic E-state index is -0.179. The zero-order chi connectivity index (χ0) is 17.5. The summed E-state index contributed by atoms with van der Waals surface area (Å²) in [6.45, 7) is 6.46. The molecule has 1 saturated heterocycles. The Morgan fingerprint density at radius 3 is 2.40 bits per heavy atom. The van der Waals surface area contributed by atoms with Gasteiger partial charge in [-0.2, -0.15) is 12.6 Å². The van der Waals surface area contributed by atoms with Crippen molar-refractivity contribution >= 4 is 18.3 Å². The second-order valence-electron chi connectivity index (χ2n) is 6.57. The monoisotopic (exact) mass is 361 g/mol. The molecule has 3 rings (SSSR count). The Morgan fingerprint density at radius 1 is 1.04 bits per heavy atom. The van der Waals surface area contributed by atoms with Gasteiger partial charge < -0.3 is 14.5 Å². The molecule has 0 aromatic heterocycles. The summed E-state index contributed by atoms with van der Waals surface area (Å²) in [5.41, 5.74) is 2.30. The van der Waals surface area contributed by atoms with E-state index in [-0.39, 0.29) is 11.1 Å². The van der Waals surface area contributed by atoms with E-state index >= 15 is 0 Å². The molecule has 0 unspecified atom stereocenters. The van der Waals surface area contributed by atoms with Crippen LogP contribution in [0.4, 0.5) is 10.1 Å². The van der Waals surface area contributed by atoms with Crippen molar-refractivity contribution in [3.63, 3.8) is 0 Å². The molecule has 1 atom stereocenters. The first-order chi connectivity index (χ1) is 12.2. The number of rotatable bonds is 7. The molecule has 1 aliphatic heterocycles. The smallest absolute Gasteiger partial charge is 0.123 e. The number of benzene rings is 2. The second-order valence-corrected chi connectivity index (χ2v) is 7.30. The lowest BCUT2D eigenvalue weighted by Crippen LogP contribution is -3.15. The number of nitrogens with zero attached hydrogens (tertiary/aromatic N) is 1. The van der Waals surface area contributed by atoms with Gasteiger partial charge in [-0.1, -0.05) is 30.3 Å². The predicted octanol–water partition coefficient (Wildman–Crippen LogP) is 2.05. The summed E-state index contributed by atoms with van der Waals surface area (Å²) in [6, 6.07) is 17.0. The Kier molecular flexibility index (Phi) is 6.73. The molecule has 1 aliphatic rings. The standard InChI is InChI=1S/C20H25FN2OS/c21-18-6-8-19(9-7-18)23-12-10-22(11-13-23)14-20(25)16-24-15-17-4-2-1-3-5-17/h1-9,20,25H,10-16H2/p+1/t20-/m0/s1. The molecule has 1 heterocycles. The average Bonchev–Trinajstić information content (AvgIpc) is 2.64. The molecule has 0 amide bonds. The van der Waals surface area contributed by atoms with E-state index in [0.29, 0.717) is 13.2 Å². The molecule has 0 aliphatic carbocycles. The first kappa shape index (κ1) is 18.2. The highest BCUT2D eigenvalue weighted by molar-refractivity contribution is 7.81. The van der Waals surface area contributed by atoms with E-state index in [4.69, 9.17) is 4.74 Å². The topological polar surface area (TPSA) is 16.9 Å². The van der Waals surface area contributed by atoms with Crippen LogP contribution in [0, 0.1) is 5.82 Å². The lowest BCUT2D eigenvalue weighted by atomic mass is 10.2. The highest BCUT2D eigenvalue weighted by Crippen LogP contribution is 2.14. The van der Waals surface area contributed by atoms with Crippen LogP contribution in [-0.4, -0.2) is 44.6 Å². The Labute approximate surface area is 154 Å². The van der Waals surface area contributed by atoms with E-state index in [9.17, 15) is 4.39 Å². The molecule has 1 N–H and O–H groups in total. The Hall–Kier alpha value is -1.56. The third kappa shape index (κ3) is 5.73. The van der Waals surface area contributed by atoms with Crippen LogP contribution in [0.5, 0.6) is 0 Å². The third-order valence-corrected chi connectivity index (χ3v) is 4.94. The van der Waals surface area contributed by atoms with Gasteiger partial charge in [0.15, 0.2) is 0 Å². The molecule has 3 nitrogen and oxygen atoms in total. The van der Waals surface area contributed by atoms with Gasteiger partial charge in [-0.3, -0.25) is 0 Å². The molecule has 2 aromatic rings. The van der Waals surface area contributed by atoms with E-state index in [1.807, 2.05) is 30.3 Å². The molecule has 0 bridgehead atoms. The number of nitrogens with one attached hydrogen (secondary N) is 1. The van der Waals surface area contributed by atoms with Crippen LogP contribution in [-0.2, 0) is 11.3 Å². The van der Waals surface area contributed by atoms with Crippen LogP contribution in [0.15, 0.2) is 54.6 Å². The van der Waals surface area contributed by atoms with Gasteiger partial charge >= 0.3 is 0 Å². The zero-order valence-corrected chi connectivity index (χ0v) is 15.3. The van der Waals surface area contributed by atoms with Gasteiger partial charge in [0.1, 0.15) is 5.82 Å². The van der Waals surface area contributed by atoms with Gasteiger partial charge in [-0.25, -0.2) is 4.39 Å². The molecule has 134 valence electrons. The molecule has 2 aromatic carbocycles. The lowest BCUT2D eigenvalue weighted by molar-refractivity contribution is -0.900. The third-order valence-electron chi connectivity index (χ3n) is 4.61. The number of anilines is 1. The summed E-state index contributed by atoms with van der Waals surface area (Å²) < 4.78 is 18.8. The van der Waals surface area contributed by atoms with Crippen molar-refractivity contribution < 1.29 is 14.0 Å². The lowest BCUT2D eigenvalue weighted by Gasteiger charge is -2.34. The molecule has 0 spiro atoms. The normalized spacial score (nSPS) is 16.8. The summed E-state index contributed by atoms with van der Waals surface area (Å²) in [5, 5.41) is 0.246. The van der Waals surface area contributed by atoms with Crippen LogP contribution in [0.2, 0.25) is 0 Å². The second kappa shape index (κ2) is 9.22. The first-order valence-corrected chi connectivity index (χ1v) is 9.36. The fraction of sp³-hybridized carbons (Fsp3) is 0.400. The van der Waals surface area contributed by atoms with Crippen LogP contribution in [0.3, 0.4) is 0 Å². The van der Waals surface area contributed by atoms with E-state index < -0.39 is 0 Å². The molecule has 0 radical (unpaired) electrons. The van der Waals surface area contributed by atoms with Crippen molar-refractivity contribution in [2.75, 3.05) is 44.2 Å². The maximum absolute atomic E-state index is 13.0. The van der Waals surface area contributed by atoms with Crippen LogP contribution < -0.4 is 9.80 Å². The number of halogens is 1. The SMILES string of the molecule is Fc1ccc(N2CC[NH+](C[C@H](S)COCc3ccccc3)CC2)cc1. The first-order valence-electron chi connectivity index (χ1n) is 8.84. The fourth-order valence-corrected chi connectivity index (χ4v) is 3.58. The van der Waals surface area contributed by atoms with Gasteiger partial charge in [-0.15, -0.1) is 0 Å². The molecule has 1 fully saturated rings. The molecule has 5 heteroatoms. The maximum Gasteiger partial charge on any atom is 0.123 e. The highest BCUT2D eigenvalue weighted by Gasteiger charge is 2.22. The molecule has 25 heavy (non-hydrogen) atoms. The number of ether oxygens (including phenoxy) is 1. The zero-order valence-electron chi connectivity index (χ0n) is 14.4. The number of thiol groups is 1. The Balaban J connectivity index is 1.36. The average molecular weight is 362 g/mol. The van der Waals surface area contributed by atoms with Crippen LogP contribution in [0.25, 0.3) is 0 Å². The largest absolute Gasteiger partial charge is 0.375 e. The van der Waals surface area contributed by atoms with E-state index in [0.717, 1.165) is 38.4 Å². The number of quaternary nitrogens is 1. The summed E-state index contributed by atoms with van der Waals surface area (Å²) in [5.74, 6) is -0.179. The summed E-state index contributed by atoms with van der Waals surface area (Å²) >= 11 is 4.69. The fourth-order valence-electron chi connectivity index (χ4n) is 3.22. The summed E-state index contributed by atoms with van der Waals surface area (Å²) in [7, 11) is 0. The van der Waals surface area contributed by atoms with Crippen molar-refractivity contribution in [1.29, 1.82) is 0 Å². The molecule has 0 saturated carbocycles. The number of piperazine rings is 1. The van der Waals surface area contributed by atoms with Crippen LogP contribution >= 0.6 is 12.6 Å². The van der Waals surface area contributed by atoms with Gasteiger partial charge in [-0.05, 0) is 29.8 Å². The molecular formula is C20H26FN2OS+. The summed E-state index contributed by atoms with van der Waals surface area (Å²) in [6.07, 6.45) is 0. The van der Waals surface area contributed by atoms with Crippen molar-refractivity contribution in [3.05, 3.63) is 66.0 Å². The van der Waals surface area contributed by atoms with Crippen LogP contribution in [0.1, 0.15) is 5.56 Å². The Morgan fingerprint density at radius 2 is 1.72 bits per heavy atom. The number of hydrogen-bond donors (Lipinski definition) is 2. The van der Waals surface area contributed by atoms with Gasteiger partial charge in [0, 0.05) is 5.69 Å². The summed E-state index contributed by atoms with van der Waals surface area (Å²) in [4.78, 5) is 3.88. The molecular weight excluding hydrogens is 335 g/mol. The van der Waals surface area contributed by atoms with Crippen molar-refractivity contribution in [2.24, 2.45) is 0 Å². The minimum Gasteiger partial charge on any atom is -0.375 e. The van der Waals surface area contributed by atoms with Gasteiger partial charge in [0.25, 0.3) is 0 Å². The minimum absolute atomic E-state index is 0.179.